The zero-order valence-electron chi connectivity index (χ0n) is 21.9. The highest BCUT2D eigenvalue weighted by molar-refractivity contribution is 6.06. The fourth-order valence-corrected chi connectivity index (χ4v) is 3.45. The lowest BCUT2D eigenvalue weighted by atomic mass is 9.72. The van der Waals surface area contributed by atoms with Crippen molar-refractivity contribution in [2.24, 2.45) is 27.3 Å². The van der Waals surface area contributed by atoms with Crippen molar-refractivity contribution < 1.29 is 9.59 Å². The lowest BCUT2D eigenvalue weighted by Gasteiger charge is -2.34. The van der Waals surface area contributed by atoms with Crippen LogP contribution in [0.1, 0.15) is 82.9 Å². The molecule has 0 saturated carbocycles. The quantitative estimate of drug-likeness (QED) is 0.165. The Kier molecular flexibility index (Phi) is 13.1. The molecule has 1 rings (SSSR count). The van der Waals surface area contributed by atoms with E-state index in [2.05, 4.69) is 60.2 Å². The number of aliphatic imine (C=N–C) groups is 1. The minimum absolute atomic E-state index is 0.00231. The molecule has 34 heavy (non-hydrogen) atoms. The molecule has 11 heteroatoms. The normalized spacial score (nSPS) is 11.9. The van der Waals surface area contributed by atoms with E-state index in [1.165, 1.54) is 0 Å². The van der Waals surface area contributed by atoms with Gasteiger partial charge >= 0.3 is 0 Å². The molecule has 10 N–H and O–H groups in total. The number of aromatic nitrogens is 2. The monoisotopic (exact) mass is 479 g/mol. The summed E-state index contributed by atoms with van der Waals surface area (Å²) in [6.45, 7) is 14.0. The summed E-state index contributed by atoms with van der Waals surface area (Å²) in [5.74, 6) is -0.345. The van der Waals surface area contributed by atoms with Gasteiger partial charge in [0.2, 0.25) is 5.91 Å². The van der Waals surface area contributed by atoms with E-state index in [-0.39, 0.29) is 34.6 Å². The standard InChI is InChI=1S/C19H35N7O.C4H10N2O/c1-7-18(3,4)11-19(5,6)9-8-10-23-17(22)26-16(27)13-15(21)25-14(20)12(2)24-13;1-6-4(7)2-3-5/h7-11H2,1-6H3,(H4,20,21,25)(H3,22,23,26,27);2-3,5H2,1H3,(H,6,7). The molecule has 194 valence electrons. The molecule has 0 fully saturated rings. The third-order valence-corrected chi connectivity index (χ3v) is 5.45. The van der Waals surface area contributed by atoms with Gasteiger partial charge in [0.25, 0.3) is 5.91 Å². The van der Waals surface area contributed by atoms with Crippen LogP contribution in [0.15, 0.2) is 4.99 Å². The number of nitrogens with one attached hydrogen (secondary N) is 2. The molecule has 0 atom stereocenters. The van der Waals surface area contributed by atoms with Crippen molar-refractivity contribution in [2.45, 2.75) is 73.6 Å². The topological polar surface area (TPSA) is 200 Å². The van der Waals surface area contributed by atoms with Crippen molar-refractivity contribution in [2.75, 3.05) is 31.6 Å². The third-order valence-electron chi connectivity index (χ3n) is 5.45. The van der Waals surface area contributed by atoms with Gasteiger partial charge in [-0.3, -0.25) is 19.9 Å². The summed E-state index contributed by atoms with van der Waals surface area (Å²) in [4.78, 5) is 34.6. The lowest BCUT2D eigenvalue weighted by molar-refractivity contribution is -0.120. The van der Waals surface area contributed by atoms with Crippen LogP contribution in [0.2, 0.25) is 0 Å². The summed E-state index contributed by atoms with van der Waals surface area (Å²) in [5, 5.41) is 4.94. The minimum atomic E-state index is -0.547. The first-order valence-corrected chi connectivity index (χ1v) is 11.6. The van der Waals surface area contributed by atoms with E-state index in [1.54, 1.807) is 14.0 Å². The number of amides is 2. The summed E-state index contributed by atoms with van der Waals surface area (Å²) in [6.07, 6.45) is 4.67. The Morgan fingerprint density at radius 1 is 1.06 bits per heavy atom. The molecule has 1 heterocycles. The van der Waals surface area contributed by atoms with Crippen LogP contribution in [-0.2, 0) is 4.79 Å². The number of carbonyl (C=O) groups excluding carboxylic acids is 2. The fraction of sp³-hybridized carbons (Fsp3) is 0.696. The Morgan fingerprint density at radius 3 is 2.18 bits per heavy atom. The second-order valence-electron chi connectivity index (χ2n) is 9.82. The molecule has 0 saturated heterocycles. The molecular formula is C23H45N9O2. The average Bonchev–Trinajstić information content (AvgIpc) is 2.73. The van der Waals surface area contributed by atoms with Crippen molar-refractivity contribution in [3.8, 4) is 0 Å². The Balaban J connectivity index is 0.00000135. The lowest BCUT2D eigenvalue weighted by Crippen LogP contribution is -2.38. The van der Waals surface area contributed by atoms with Crippen LogP contribution in [-0.4, -0.2) is 47.9 Å². The first-order chi connectivity index (χ1) is 15.7. The predicted molar refractivity (Wildman–Crippen MR) is 139 cm³/mol. The Hall–Kier alpha value is -2.95. The highest BCUT2D eigenvalue weighted by Crippen LogP contribution is 2.38. The molecule has 1 aromatic heterocycles. The van der Waals surface area contributed by atoms with Gasteiger partial charge in [-0.05, 0) is 37.0 Å². The molecule has 0 bridgehead atoms. The van der Waals surface area contributed by atoms with Crippen LogP contribution in [0, 0.1) is 17.8 Å². The summed E-state index contributed by atoms with van der Waals surface area (Å²) >= 11 is 0. The second kappa shape index (κ2) is 14.3. The van der Waals surface area contributed by atoms with Crippen LogP contribution in [0.5, 0.6) is 0 Å². The molecule has 0 unspecified atom stereocenters. The number of rotatable bonds is 10. The van der Waals surface area contributed by atoms with E-state index in [9.17, 15) is 9.59 Å². The van der Waals surface area contributed by atoms with Crippen LogP contribution in [0.4, 0.5) is 11.6 Å². The van der Waals surface area contributed by atoms with E-state index in [1.807, 2.05) is 0 Å². The van der Waals surface area contributed by atoms with E-state index < -0.39 is 5.91 Å². The maximum absolute atomic E-state index is 12.2. The first-order valence-electron chi connectivity index (χ1n) is 11.6. The van der Waals surface area contributed by atoms with Crippen molar-refractivity contribution >= 4 is 29.4 Å². The average molecular weight is 480 g/mol. The summed E-state index contributed by atoms with van der Waals surface area (Å²) in [5.41, 5.74) is 23.2. The second-order valence-corrected chi connectivity index (χ2v) is 9.82. The minimum Gasteiger partial charge on any atom is -0.382 e. The maximum atomic E-state index is 12.2. The number of nitrogen functional groups attached to an aromatic ring is 2. The molecule has 0 spiro atoms. The first kappa shape index (κ1) is 31.0. The Bertz CT molecular complexity index is 836. The van der Waals surface area contributed by atoms with E-state index in [4.69, 9.17) is 22.9 Å². The largest absolute Gasteiger partial charge is 0.382 e. The molecule has 0 aliphatic rings. The van der Waals surface area contributed by atoms with Gasteiger partial charge in [-0.15, -0.1) is 0 Å². The summed E-state index contributed by atoms with van der Waals surface area (Å²) in [7, 11) is 1.60. The van der Waals surface area contributed by atoms with Gasteiger partial charge in [0, 0.05) is 26.6 Å². The SMILES string of the molecule is CCC(C)(C)CC(C)(C)CCCN=C(N)NC(=O)c1nc(C)c(N)nc1N.CNC(=O)CCN. The van der Waals surface area contributed by atoms with Crippen LogP contribution in [0.25, 0.3) is 0 Å². The maximum Gasteiger partial charge on any atom is 0.280 e. The van der Waals surface area contributed by atoms with Gasteiger partial charge in [0.1, 0.15) is 5.82 Å². The molecule has 11 nitrogen and oxygen atoms in total. The van der Waals surface area contributed by atoms with Gasteiger partial charge in [-0.1, -0.05) is 41.0 Å². The van der Waals surface area contributed by atoms with Gasteiger partial charge < -0.3 is 28.3 Å². The van der Waals surface area contributed by atoms with Gasteiger partial charge in [0.05, 0.1) is 5.69 Å². The summed E-state index contributed by atoms with van der Waals surface area (Å²) in [6, 6.07) is 0. The number of carbonyl (C=O) groups is 2. The number of anilines is 2. The zero-order chi connectivity index (χ0) is 26.5. The fourth-order valence-electron chi connectivity index (χ4n) is 3.45. The van der Waals surface area contributed by atoms with E-state index >= 15 is 0 Å². The van der Waals surface area contributed by atoms with Crippen LogP contribution >= 0.6 is 0 Å². The van der Waals surface area contributed by atoms with Crippen LogP contribution < -0.4 is 33.6 Å². The van der Waals surface area contributed by atoms with Crippen molar-refractivity contribution in [3.05, 3.63) is 11.4 Å². The van der Waals surface area contributed by atoms with Crippen molar-refractivity contribution in [1.29, 1.82) is 0 Å². The molecule has 0 aromatic carbocycles. The Labute approximate surface area is 203 Å². The number of nitrogens with zero attached hydrogens (tertiary/aromatic N) is 3. The van der Waals surface area contributed by atoms with Crippen LogP contribution in [0.3, 0.4) is 0 Å². The number of hydrogen-bond donors (Lipinski definition) is 6. The molecule has 0 aliphatic carbocycles. The number of guanidine groups is 1. The van der Waals surface area contributed by atoms with E-state index in [0.29, 0.717) is 30.6 Å². The highest BCUT2D eigenvalue weighted by atomic mass is 16.2. The Morgan fingerprint density at radius 2 is 1.68 bits per heavy atom. The van der Waals surface area contributed by atoms with Gasteiger partial charge in [0.15, 0.2) is 17.5 Å². The third kappa shape index (κ3) is 12.3. The van der Waals surface area contributed by atoms with Crippen molar-refractivity contribution in [3.63, 3.8) is 0 Å². The molecular weight excluding hydrogens is 434 g/mol. The molecule has 2 amide bonds. The smallest absolute Gasteiger partial charge is 0.280 e. The highest BCUT2D eigenvalue weighted by Gasteiger charge is 2.27. The molecule has 1 aromatic rings. The summed E-state index contributed by atoms with van der Waals surface area (Å²) < 4.78 is 0. The number of nitrogens with two attached hydrogens (primary N) is 4. The van der Waals surface area contributed by atoms with Crippen molar-refractivity contribution in [1.82, 2.24) is 20.6 Å². The number of hydrogen-bond acceptors (Lipinski definition) is 8. The molecule has 0 aliphatic heterocycles. The predicted octanol–water partition coefficient (Wildman–Crippen LogP) is 1.71. The number of aryl methyl sites for hydroxylation is 1. The van der Waals surface area contributed by atoms with Gasteiger partial charge in [-0.2, -0.15) is 0 Å². The van der Waals surface area contributed by atoms with Gasteiger partial charge in [-0.25, -0.2) is 9.97 Å². The molecule has 0 radical (unpaired) electrons. The zero-order valence-corrected chi connectivity index (χ0v) is 21.9. The van der Waals surface area contributed by atoms with E-state index in [0.717, 1.165) is 25.7 Å².